The zero-order valence-electron chi connectivity index (χ0n) is 9.98. The van der Waals surface area contributed by atoms with Crippen molar-refractivity contribution in [2.24, 2.45) is 0 Å². The molecule has 4 nitrogen and oxygen atoms in total. The number of nitrogens with one attached hydrogen (secondary N) is 2. The van der Waals surface area contributed by atoms with Crippen molar-refractivity contribution in [3.63, 3.8) is 0 Å². The molecular formula is C13H18N2O2. The van der Waals surface area contributed by atoms with Gasteiger partial charge in [-0.1, -0.05) is 30.3 Å². The van der Waals surface area contributed by atoms with Crippen molar-refractivity contribution < 1.29 is 9.53 Å². The van der Waals surface area contributed by atoms with Gasteiger partial charge in [-0.2, -0.15) is 0 Å². The van der Waals surface area contributed by atoms with E-state index in [0.29, 0.717) is 13.2 Å². The fourth-order valence-electron chi connectivity index (χ4n) is 1.93. The lowest BCUT2D eigenvalue weighted by atomic mass is 10.2. The number of urea groups is 1. The number of carbonyl (C=O) groups excluding carboxylic acids is 1. The van der Waals surface area contributed by atoms with Crippen LogP contribution in [-0.4, -0.2) is 24.8 Å². The number of rotatable bonds is 3. The summed E-state index contributed by atoms with van der Waals surface area (Å²) in [6.07, 6.45) is 1.13. The topological polar surface area (TPSA) is 50.4 Å². The second-order valence-corrected chi connectivity index (χ2v) is 4.39. The lowest BCUT2D eigenvalue weighted by molar-refractivity contribution is 0.122. The molecule has 0 aromatic heterocycles. The minimum absolute atomic E-state index is 0.128. The molecule has 0 aliphatic carbocycles. The van der Waals surface area contributed by atoms with E-state index in [1.54, 1.807) is 0 Å². The van der Waals surface area contributed by atoms with Crippen LogP contribution in [0.3, 0.4) is 0 Å². The second kappa shape index (κ2) is 5.68. The molecule has 1 aliphatic rings. The molecule has 1 aromatic carbocycles. The molecule has 1 aliphatic heterocycles. The molecule has 92 valence electrons. The first kappa shape index (κ1) is 11.9. The number of hydrogen-bond donors (Lipinski definition) is 2. The number of carbonyl (C=O) groups is 1. The summed E-state index contributed by atoms with van der Waals surface area (Å²) in [6, 6.07) is 9.86. The minimum atomic E-state index is -0.128. The lowest BCUT2D eigenvalue weighted by Gasteiger charge is -2.12. The number of ether oxygens (including phenoxy) is 1. The molecule has 4 heteroatoms. The van der Waals surface area contributed by atoms with Crippen molar-refractivity contribution in [2.45, 2.75) is 32.0 Å². The van der Waals surface area contributed by atoms with E-state index in [1.165, 1.54) is 0 Å². The third kappa shape index (κ3) is 3.75. The highest BCUT2D eigenvalue weighted by molar-refractivity contribution is 5.74. The third-order valence-electron chi connectivity index (χ3n) is 2.83. The van der Waals surface area contributed by atoms with Crippen LogP contribution >= 0.6 is 0 Å². The molecule has 1 fully saturated rings. The molecule has 1 aromatic rings. The van der Waals surface area contributed by atoms with Gasteiger partial charge in [0.25, 0.3) is 0 Å². The van der Waals surface area contributed by atoms with Crippen molar-refractivity contribution in [1.29, 1.82) is 0 Å². The smallest absolute Gasteiger partial charge is 0.315 e. The van der Waals surface area contributed by atoms with Gasteiger partial charge in [-0.25, -0.2) is 4.79 Å². The summed E-state index contributed by atoms with van der Waals surface area (Å²) < 4.78 is 5.39. The van der Waals surface area contributed by atoms with E-state index in [4.69, 9.17) is 4.74 Å². The maximum absolute atomic E-state index is 11.6. The predicted octanol–water partition coefficient (Wildman–Crippen LogP) is 1.66. The second-order valence-electron chi connectivity index (χ2n) is 4.39. The van der Waals surface area contributed by atoms with E-state index in [-0.39, 0.29) is 18.2 Å². The molecule has 17 heavy (non-hydrogen) atoms. The summed E-state index contributed by atoms with van der Waals surface area (Å²) in [5, 5.41) is 5.74. The Morgan fingerprint density at radius 2 is 2.18 bits per heavy atom. The van der Waals surface area contributed by atoms with Gasteiger partial charge in [0.15, 0.2) is 0 Å². The summed E-state index contributed by atoms with van der Waals surface area (Å²) >= 11 is 0. The summed E-state index contributed by atoms with van der Waals surface area (Å²) in [4.78, 5) is 11.6. The standard InChI is InChI=1S/C13H18N2O2/c1-10-7-12(9-17-10)15-13(16)14-8-11-5-3-2-4-6-11/h2-6,10,12H,7-9H2,1H3,(H2,14,15,16). The molecule has 1 heterocycles. The van der Waals surface area contributed by atoms with Crippen molar-refractivity contribution in [1.82, 2.24) is 10.6 Å². The van der Waals surface area contributed by atoms with Gasteiger partial charge in [0.2, 0.25) is 0 Å². The summed E-state index contributed by atoms with van der Waals surface area (Å²) in [5.74, 6) is 0. The number of amides is 2. The van der Waals surface area contributed by atoms with Gasteiger partial charge in [0.05, 0.1) is 18.8 Å². The lowest BCUT2D eigenvalue weighted by Crippen LogP contribution is -2.42. The van der Waals surface area contributed by atoms with Crippen LogP contribution < -0.4 is 10.6 Å². The normalized spacial score (nSPS) is 23.4. The predicted molar refractivity (Wildman–Crippen MR) is 65.6 cm³/mol. The molecule has 0 saturated carbocycles. The van der Waals surface area contributed by atoms with E-state index in [2.05, 4.69) is 10.6 Å². The van der Waals surface area contributed by atoms with E-state index in [9.17, 15) is 4.79 Å². The first-order valence-electron chi connectivity index (χ1n) is 5.94. The first-order chi connectivity index (χ1) is 8.24. The van der Waals surface area contributed by atoms with Gasteiger partial charge in [0.1, 0.15) is 0 Å². The highest BCUT2D eigenvalue weighted by Gasteiger charge is 2.23. The van der Waals surface area contributed by atoms with E-state index >= 15 is 0 Å². The van der Waals surface area contributed by atoms with Crippen molar-refractivity contribution in [2.75, 3.05) is 6.61 Å². The van der Waals surface area contributed by atoms with Crippen LogP contribution in [0, 0.1) is 0 Å². The van der Waals surface area contributed by atoms with Crippen LogP contribution in [0.25, 0.3) is 0 Å². The molecule has 2 atom stereocenters. The van der Waals surface area contributed by atoms with Crippen molar-refractivity contribution in [3.8, 4) is 0 Å². The van der Waals surface area contributed by atoms with Crippen molar-refractivity contribution in [3.05, 3.63) is 35.9 Å². The Hall–Kier alpha value is -1.55. The van der Waals surface area contributed by atoms with Crippen molar-refractivity contribution >= 4 is 6.03 Å². The summed E-state index contributed by atoms with van der Waals surface area (Å²) in [7, 11) is 0. The monoisotopic (exact) mass is 234 g/mol. The molecule has 0 radical (unpaired) electrons. The van der Waals surface area contributed by atoms with Gasteiger partial charge >= 0.3 is 6.03 Å². The van der Waals surface area contributed by atoms with Gasteiger partial charge < -0.3 is 15.4 Å². The zero-order chi connectivity index (χ0) is 12.1. The maximum Gasteiger partial charge on any atom is 0.315 e. The first-order valence-corrected chi connectivity index (χ1v) is 5.94. The Kier molecular flexibility index (Phi) is 3.98. The average molecular weight is 234 g/mol. The van der Waals surface area contributed by atoms with Gasteiger partial charge in [-0.05, 0) is 18.9 Å². The fraction of sp³-hybridized carbons (Fsp3) is 0.462. The van der Waals surface area contributed by atoms with Crippen LogP contribution in [-0.2, 0) is 11.3 Å². The Morgan fingerprint density at radius 1 is 1.41 bits per heavy atom. The van der Waals surface area contributed by atoms with Crippen LogP contribution in [0.1, 0.15) is 18.9 Å². The maximum atomic E-state index is 11.6. The highest BCUT2D eigenvalue weighted by atomic mass is 16.5. The van der Waals surface area contributed by atoms with Crippen LogP contribution in [0.4, 0.5) is 4.79 Å². The molecule has 2 N–H and O–H groups in total. The molecule has 0 bridgehead atoms. The Bertz CT molecular complexity index is 367. The Labute approximate surface area is 101 Å². The van der Waals surface area contributed by atoms with Crippen LogP contribution in [0.5, 0.6) is 0 Å². The summed E-state index contributed by atoms with van der Waals surface area (Å²) in [5.41, 5.74) is 1.10. The molecule has 2 amide bonds. The largest absolute Gasteiger partial charge is 0.376 e. The van der Waals surface area contributed by atoms with Gasteiger partial charge in [-0.15, -0.1) is 0 Å². The Morgan fingerprint density at radius 3 is 2.82 bits per heavy atom. The number of hydrogen-bond acceptors (Lipinski definition) is 2. The molecule has 1 saturated heterocycles. The molecule has 2 unspecified atom stereocenters. The van der Waals surface area contributed by atoms with Gasteiger partial charge in [0, 0.05) is 6.54 Å². The average Bonchev–Trinajstić information content (AvgIpc) is 2.73. The third-order valence-corrected chi connectivity index (χ3v) is 2.83. The molecule has 2 rings (SSSR count). The Balaban J connectivity index is 1.71. The van der Waals surface area contributed by atoms with Crippen LogP contribution in [0.15, 0.2) is 30.3 Å². The van der Waals surface area contributed by atoms with E-state index in [0.717, 1.165) is 12.0 Å². The SMILES string of the molecule is CC1CC(NC(=O)NCc2ccccc2)CO1. The zero-order valence-corrected chi connectivity index (χ0v) is 9.98. The van der Waals surface area contributed by atoms with Crippen LogP contribution in [0.2, 0.25) is 0 Å². The highest BCUT2D eigenvalue weighted by Crippen LogP contribution is 2.11. The fourth-order valence-corrected chi connectivity index (χ4v) is 1.93. The summed E-state index contributed by atoms with van der Waals surface area (Å²) in [6.45, 7) is 3.18. The molecular weight excluding hydrogens is 216 g/mol. The van der Waals surface area contributed by atoms with E-state index in [1.807, 2.05) is 37.3 Å². The quantitative estimate of drug-likeness (QED) is 0.835. The van der Waals surface area contributed by atoms with E-state index < -0.39 is 0 Å². The number of benzene rings is 1. The van der Waals surface area contributed by atoms with Gasteiger partial charge in [-0.3, -0.25) is 0 Å². The molecule has 0 spiro atoms. The minimum Gasteiger partial charge on any atom is -0.376 e.